The Hall–Kier alpha value is -3.75. The molecule has 0 radical (unpaired) electrons. The minimum Gasteiger partial charge on any atom is -0.444 e. The number of likely N-dealkylation sites (tertiary alicyclic amines) is 1. The quantitative estimate of drug-likeness (QED) is 0.450. The van der Waals surface area contributed by atoms with Gasteiger partial charge in [-0.05, 0) is 70.9 Å². The molecule has 9 nitrogen and oxygen atoms in total. The van der Waals surface area contributed by atoms with E-state index in [0.29, 0.717) is 36.1 Å². The fourth-order valence-corrected chi connectivity index (χ4v) is 4.40. The SMILES string of the molecule is Cc1cn2nc(-c3ccc4c(=O)n(C5CCN(C(=O)OC(C)(C)C)C5)ccc4n3)cc(C)c2n1. The molecule has 0 aromatic carbocycles. The van der Waals surface area contributed by atoms with Gasteiger partial charge in [0.1, 0.15) is 11.3 Å². The minimum absolute atomic E-state index is 0.0969. The number of aromatic nitrogens is 5. The van der Waals surface area contributed by atoms with Gasteiger partial charge < -0.3 is 14.2 Å². The third-order valence-electron chi connectivity index (χ3n) is 5.98. The molecule has 1 unspecified atom stereocenters. The smallest absolute Gasteiger partial charge is 0.410 e. The summed E-state index contributed by atoms with van der Waals surface area (Å²) in [6.45, 7) is 10.5. The van der Waals surface area contributed by atoms with Crippen molar-refractivity contribution in [3.63, 3.8) is 0 Å². The van der Waals surface area contributed by atoms with Crippen molar-refractivity contribution in [2.75, 3.05) is 13.1 Å². The van der Waals surface area contributed by atoms with Gasteiger partial charge in [0, 0.05) is 19.3 Å². The summed E-state index contributed by atoms with van der Waals surface area (Å²) in [5.41, 5.74) is 4.09. The van der Waals surface area contributed by atoms with Gasteiger partial charge in [-0.1, -0.05) is 0 Å². The number of hydrogen-bond acceptors (Lipinski definition) is 6. The Kier molecular flexibility index (Phi) is 5.15. The summed E-state index contributed by atoms with van der Waals surface area (Å²) in [6, 6.07) is 7.34. The van der Waals surface area contributed by atoms with E-state index in [2.05, 4.69) is 10.1 Å². The van der Waals surface area contributed by atoms with E-state index in [1.54, 1.807) is 26.2 Å². The molecule has 4 aromatic rings. The summed E-state index contributed by atoms with van der Waals surface area (Å²) in [4.78, 5) is 36.5. The number of ether oxygens (including phenoxy) is 1. The van der Waals surface area contributed by atoms with Crippen molar-refractivity contribution in [1.82, 2.24) is 29.0 Å². The number of hydrogen-bond donors (Lipinski definition) is 0. The average Bonchev–Trinajstić information content (AvgIpc) is 3.39. The molecule has 34 heavy (non-hydrogen) atoms. The van der Waals surface area contributed by atoms with Gasteiger partial charge >= 0.3 is 6.09 Å². The second kappa shape index (κ2) is 7.93. The Morgan fingerprint density at radius 1 is 1.12 bits per heavy atom. The van der Waals surface area contributed by atoms with Crippen LogP contribution in [0, 0.1) is 13.8 Å². The largest absolute Gasteiger partial charge is 0.444 e. The molecule has 5 rings (SSSR count). The lowest BCUT2D eigenvalue weighted by molar-refractivity contribution is 0.0289. The van der Waals surface area contributed by atoms with Gasteiger partial charge in [0.15, 0.2) is 5.65 Å². The van der Waals surface area contributed by atoms with Crippen molar-refractivity contribution >= 4 is 22.6 Å². The first-order valence-corrected chi connectivity index (χ1v) is 11.4. The predicted octanol–water partition coefficient (Wildman–Crippen LogP) is 3.90. The topological polar surface area (TPSA) is 94.6 Å². The zero-order valence-corrected chi connectivity index (χ0v) is 20.1. The van der Waals surface area contributed by atoms with E-state index in [9.17, 15) is 9.59 Å². The summed E-state index contributed by atoms with van der Waals surface area (Å²) in [5, 5.41) is 5.19. The Balaban J connectivity index is 1.44. The molecule has 1 atom stereocenters. The predicted molar refractivity (Wildman–Crippen MR) is 129 cm³/mol. The van der Waals surface area contributed by atoms with E-state index >= 15 is 0 Å². The van der Waals surface area contributed by atoms with Gasteiger partial charge in [-0.25, -0.2) is 19.3 Å². The molecule has 176 valence electrons. The molecule has 0 N–H and O–H groups in total. The summed E-state index contributed by atoms with van der Waals surface area (Å²) in [5.74, 6) is 0. The van der Waals surface area contributed by atoms with Gasteiger partial charge in [0.05, 0.1) is 34.5 Å². The van der Waals surface area contributed by atoms with Crippen LogP contribution in [0.15, 0.2) is 41.5 Å². The molecule has 1 fully saturated rings. The first-order chi connectivity index (χ1) is 16.1. The van der Waals surface area contributed by atoms with Crippen LogP contribution in [0.4, 0.5) is 4.79 Å². The molecular weight excluding hydrogens is 432 g/mol. The van der Waals surface area contributed by atoms with Crippen molar-refractivity contribution in [3.05, 3.63) is 58.3 Å². The molecule has 4 aromatic heterocycles. The monoisotopic (exact) mass is 460 g/mol. The molecule has 0 bridgehead atoms. The molecule has 0 aliphatic carbocycles. The summed E-state index contributed by atoms with van der Waals surface area (Å²) in [7, 11) is 0. The van der Waals surface area contributed by atoms with Crippen LogP contribution in [0.1, 0.15) is 44.5 Å². The molecule has 1 aliphatic rings. The second-order valence-electron chi connectivity index (χ2n) is 9.89. The zero-order chi connectivity index (χ0) is 24.2. The highest BCUT2D eigenvalue weighted by molar-refractivity contribution is 5.80. The van der Waals surface area contributed by atoms with Gasteiger partial charge in [-0.3, -0.25) is 4.79 Å². The molecule has 1 amide bonds. The molecule has 9 heteroatoms. The highest BCUT2D eigenvalue weighted by Gasteiger charge is 2.31. The third kappa shape index (κ3) is 4.02. The fraction of sp³-hybridized carbons (Fsp3) is 0.400. The maximum Gasteiger partial charge on any atom is 0.410 e. The van der Waals surface area contributed by atoms with Crippen molar-refractivity contribution in [2.24, 2.45) is 0 Å². The van der Waals surface area contributed by atoms with E-state index < -0.39 is 5.60 Å². The van der Waals surface area contributed by atoms with Gasteiger partial charge in [0.25, 0.3) is 5.56 Å². The Morgan fingerprint density at radius 2 is 1.91 bits per heavy atom. The lowest BCUT2D eigenvalue weighted by atomic mass is 10.1. The van der Waals surface area contributed by atoms with Crippen molar-refractivity contribution in [1.29, 1.82) is 0 Å². The number of carbonyl (C=O) groups excluding carboxylic acids is 1. The maximum atomic E-state index is 13.3. The highest BCUT2D eigenvalue weighted by atomic mass is 16.6. The first-order valence-electron chi connectivity index (χ1n) is 11.4. The van der Waals surface area contributed by atoms with Crippen LogP contribution in [-0.4, -0.2) is 53.8 Å². The highest BCUT2D eigenvalue weighted by Crippen LogP contribution is 2.25. The standard InChI is InChI=1S/C25H28N6O3/c1-15-12-21(28-31-13-16(2)26-22(15)31)20-7-6-18-19(27-20)9-11-30(23(18)32)17-8-10-29(14-17)24(33)34-25(3,4)5/h6-7,9,11-13,17H,8,10,14H2,1-5H3. The van der Waals surface area contributed by atoms with Crippen LogP contribution in [-0.2, 0) is 4.74 Å². The average molecular weight is 461 g/mol. The number of rotatable bonds is 2. The number of amides is 1. The Bertz CT molecular complexity index is 1480. The lowest BCUT2D eigenvalue weighted by Crippen LogP contribution is -2.36. The van der Waals surface area contributed by atoms with Crippen molar-refractivity contribution < 1.29 is 9.53 Å². The van der Waals surface area contributed by atoms with E-state index in [4.69, 9.17) is 9.72 Å². The number of aryl methyl sites for hydroxylation is 2. The molecule has 1 aliphatic heterocycles. The van der Waals surface area contributed by atoms with Crippen LogP contribution in [0.5, 0.6) is 0 Å². The minimum atomic E-state index is -0.549. The first kappa shape index (κ1) is 22.1. The number of carbonyl (C=O) groups is 1. The van der Waals surface area contributed by atoms with Crippen molar-refractivity contribution in [3.8, 4) is 11.4 Å². The Labute approximate surface area is 197 Å². The zero-order valence-electron chi connectivity index (χ0n) is 20.1. The summed E-state index contributed by atoms with van der Waals surface area (Å²) >= 11 is 0. The fourth-order valence-electron chi connectivity index (χ4n) is 4.40. The van der Waals surface area contributed by atoms with Gasteiger partial charge in [0.2, 0.25) is 0 Å². The summed E-state index contributed by atoms with van der Waals surface area (Å²) in [6.07, 6.45) is 4.01. The number of pyridine rings is 2. The van der Waals surface area contributed by atoms with E-state index in [-0.39, 0.29) is 17.7 Å². The van der Waals surface area contributed by atoms with E-state index in [1.807, 2.05) is 59.0 Å². The third-order valence-corrected chi connectivity index (χ3v) is 5.98. The van der Waals surface area contributed by atoms with Gasteiger partial charge in [-0.2, -0.15) is 5.10 Å². The van der Waals surface area contributed by atoms with Crippen LogP contribution in [0.25, 0.3) is 27.9 Å². The van der Waals surface area contributed by atoms with Crippen LogP contribution >= 0.6 is 0 Å². The van der Waals surface area contributed by atoms with E-state index in [1.165, 1.54) is 0 Å². The van der Waals surface area contributed by atoms with Crippen LogP contribution in [0.3, 0.4) is 0 Å². The second-order valence-corrected chi connectivity index (χ2v) is 9.89. The molecule has 0 saturated carbocycles. The maximum absolute atomic E-state index is 13.3. The number of nitrogens with zero attached hydrogens (tertiary/aromatic N) is 6. The molecule has 5 heterocycles. The Morgan fingerprint density at radius 3 is 2.68 bits per heavy atom. The molecule has 1 saturated heterocycles. The lowest BCUT2D eigenvalue weighted by Gasteiger charge is -2.24. The number of imidazole rings is 1. The van der Waals surface area contributed by atoms with Gasteiger partial charge in [-0.15, -0.1) is 0 Å². The molecular formula is C25H28N6O3. The van der Waals surface area contributed by atoms with Crippen LogP contribution in [0.2, 0.25) is 0 Å². The number of fused-ring (bicyclic) bond motifs is 2. The summed E-state index contributed by atoms with van der Waals surface area (Å²) < 4.78 is 8.95. The normalized spacial score (nSPS) is 16.5. The van der Waals surface area contributed by atoms with Crippen molar-refractivity contribution in [2.45, 2.75) is 52.7 Å². The van der Waals surface area contributed by atoms with Crippen LogP contribution < -0.4 is 5.56 Å². The van der Waals surface area contributed by atoms with E-state index in [0.717, 1.165) is 22.6 Å². The molecule has 0 spiro atoms.